The fourth-order valence-corrected chi connectivity index (χ4v) is 2.45. The molecule has 112 valence electrons. The van der Waals surface area contributed by atoms with Gasteiger partial charge in [-0.05, 0) is 31.0 Å². The highest BCUT2D eigenvalue weighted by Crippen LogP contribution is 2.25. The van der Waals surface area contributed by atoms with E-state index in [1.165, 1.54) is 12.1 Å². The molecular weight excluding hydrogens is 306 g/mol. The number of likely N-dealkylation sites (tertiary alicyclic amines) is 1. The number of rotatable bonds is 4. The van der Waals surface area contributed by atoms with Crippen LogP contribution in [-0.4, -0.2) is 36.5 Å². The lowest BCUT2D eigenvalue weighted by atomic mass is 10.2. The van der Waals surface area contributed by atoms with E-state index in [4.69, 9.17) is 22.1 Å². The summed E-state index contributed by atoms with van der Waals surface area (Å²) in [6.45, 7) is 1.06. The van der Waals surface area contributed by atoms with E-state index in [1.54, 1.807) is 4.90 Å². The smallest absolute Gasteiger partial charge is 0.260 e. The van der Waals surface area contributed by atoms with E-state index in [0.717, 1.165) is 18.9 Å². The molecule has 1 aromatic carbocycles. The SMILES string of the molecule is Cl.NCC1CCCN1C(=O)COc1ccc(F)cc1Cl. The Kier molecular flexibility index (Phi) is 6.52. The number of halogens is 3. The van der Waals surface area contributed by atoms with E-state index in [-0.39, 0.29) is 36.0 Å². The molecule has 1 heterocycles. The molecule has 0 aliphatic carbocycles. The third-order valence-electron chi connectivity index (χ3n) is 3.21. The fourth-order valence-electron chi connectivity index (χ4n) is 2.22. The zero-order chi connectivity index (χ0) is 13.8. The number of hydrogen-bond donors (Lipinski definition) is 1. The highest BCUT2D eigenvalue weighted by Gasteiger charge is 2.27. The van der Waals surface area contributed by atoms with Gasteiger partial charge in [-0.15, -0.1) is 12.4 Å². The maximum Gasteiger partial charge on any atom is 0.260 e. The minimum absolute atomic E-state index is 0. The molecule has 1 aromatic rings. The molecule has 1 atom stereocenters. The Morgan fingerprint density at radius 1 is 1.55 bits per heavy atom. The first kappa shape index (κ1) is 17.0. The molecule has 0 bridgehead atoms. The summed E-state index contributed by atoms with van der Waals surface area (Å²) >= 11 is 5.82. The number of ether oxygens (including phenoxy) is 1. The lowest BCUT2D eigenvalue weighted by molar-refractivity contribution is -0.134. The first-order chi connectivity index (χ1) is 9.11. The number of benzene rings is 1. The molecule has 4 nitrogen and oxygen atoms in total. The number of carbonyl (C=O) groups excluding carboxylic acids is 1. The van der Waals surface area contributed by atoms with Crippen LogP contribution < -0.4 is 10.5 Å². The second-order valence-electron chi connectivity index (χ2n) is 4.48. The van der Waals surface area contributed by atoms with E-state index < -0.39 is 5.82 Å². The van der Waals surface area contributed by atoms with Crippen LogP contribution in [-0.2, 0) is 4.79 Å². The van der Waals surface area contributed by atoms with Crippen molar-refractivity contribution in [3.8, 4) is 5.75 Å². The predicted molar refractivity (Wildman–Crippen MR) is 77.9 cm³/mol. The molecule has 20 heavy (non-hydrogen) atoms. The van der Waals surface area contributed by atoms with Gasteiger partial charge in [0.15, 0.2) is 6.61 Å². The third-order valence-corrected chi connectivity index (χ3v) is 3.51. The van der Waals surface area contributed by atoms with Crippen LogP contribution in [0.1, 0.15) is 12.8 Å². The van der Waals surface area contributed by atoms with Gasteiger partial charge in [0.2, 0.25) is 0 Å². The van der Waals surface area contributed by atoms with E-state index in [0.29, 0.717) is 18.8 Å². The van der Waals surface area contributed by atoms with Crippen LogP contribution in [0.4, 0.5) is 4.39 Å². The summed E-state index contributed by atoms with van der Waals surface area (Å²) in [5.41, 5.74) is 5.61. The molecule has 2 rings (SSSR count). The average Bonchev–Trinajstić information content (AvgIpc) is 2.85. The molecule has 7 heteroatoms. The van der Waals surface area contributed by atoms with Gasteiger partial charge in [0.25, 0.3) is 5.91 Å². The lowest BCUT2D eigenvalue weighted by Crippen LogP contribution is -2.42. The van der Waals surface area contributed by atoms with Gasteiger partial charge in [-0.3, -0.25) is 4.79 Å². The zero-order valence-corrected chi connectivity index (χ0v) is 12.4. The maximum atomic E-state index is 12.9. The third kappa shape index (κ3) is 3.98. The monoisotopic (exact) mass is 322 g/mol. The number of amides is 1. The molecule has 0 radical (unpaired) electrons. The summed E-state index contributed by atoms with van der Waals surface area (Å²) in [6.07, 6.45) is 1.89. The largest absolute Gasteiger partial charge is 0.482 e. The number of carbonyl (C=O) groups is 1. The van der Waals surface area contributed by atoms with Gasteiger partial charge in [-0.25, -0.2) is 4.39 Å². The van der Waals surface area contributed by atoms with Gasteiger partial charge in [0.1, 0.15) is 11.6 Å². The Balaban J connectivity index is 0.00000200. The van der Waals surface area contributed by atoms with Crippen molar-refractivity contribution in [1.29, 1.82) is 0 Å². The first-order valence-electron chi connectivity index (χ1n) is 6.19. The number of nitrogens with zero attached hydrogens (tertiary/aromatic N) is 1. The molecule has 1 aliphatic rings. The van der Waals surface area contributed by atoms with Crippen molar-refractivity contribution in [2.24, 2.45) is 5.73 Å². The molecule has 1 fully saturated rings. The van der Waals surface area contributed by atoms with Crippen LogP contribution in [0.2, 0.25) is 5.02 Å². The Hall–Kier alpha value is -1.04. The van der Waals surface area contributed by atoms with Crippen molar-refractivity contribution in [2.45, 2.75) is 18.9 Å². The second kappa shape index (κ2) is 7.67. The van der Waals surface area contributed by atoms with E-state index in [2.05, 4.69) is 0 Å². The highest BCUT2D eigenvalue weighted by molar-refractivity contribution is 6.32. The van der Waals surface area contributed by atoms with E-state index in [1.807, 2.05) is 0 Å². The summed E-state index contributed by atoms with van der Waals surface area (Å²) in [5, 5.41) is 0.157. The fraction of sp³-hybridized carbons (Fsp3) is 0.462. The Bertz CT molecular complexity index is 474. The van der Waals surface area contributed by atoms with Gasteiger partial charge in [-0.2, -0.15) is 0 Å². The normalized spacial score (nSPS) is 17.8. The molecule has 1 unspecified atom stereocenters. The molecule has 1 amide bonds. The first-order valence-corrected chi connectivity index (χ1v) is 6.57. The molecule has 2 N–H and O–H groups in total. The van der Waals surface area contributed by atoms with Crippen LogP contribution in [0.5, 0.6) is 5.75 Å². The Morgan fingerprint density at radius 2 is 2.30 bits per heavy atom. The summed E-state index contributed by atoms with van der Waals surface area (Å²) in [6, 6.07) is 3.90. The minimum atomic E-state index is -0.439. The van der Waals surface area contributed by atoms with Crippen molar-refractivity contribution < 1.29 is 13.9 Å². The summed E-state index contributed by atoms with van der Waals surface area (Å²) in [5.74, 6) is -0.250. The molecule has 0 saturated carbocycles. The van der Waals surface area contributed by atoms with Crippen molar-refractivity contribution in [3.05, 3.63) is 29.0 Å². The van der Waals surface area contributed by atoms with Gasteiger partial charge in [-0.1, -0.05) is 11.6 Å². The van der Waals surface area contributed by atoms with Crippen LogP contribution in [0, 0.1) is 5.82 Å². The molecule has 1 aliphatic heterocycles. The average molecular weight is 323 g/mol. The molecular formula is C13H17Cl2FN2O2. The summed E-state index contributed by atoms with van der Waals surface area (Å²) in [4.78, 5) is 13.7. The summed E-state index contributed by atoms with van der Waals surface area (Å²) in [7, 11) is 0. The quantitative estimate of drug-likeness (QED) is 0.924. The van der Waals surface area contributed by atoms with Crippen LogP contribution in [0.3, 0.4) is 0 Å². The van der Waals surface area contributed by atoms with Crippen molar-refractivity contribution in [2.75, 3.05) is 19.7 Å². The Morgan fingerprint density at radius 3 is 2.95 bits per heavy atom. The molecule has 1 saturated heterocycles. The number of nitrogens with two attached hydrogens (primary N) is 1. The maximum absolute atomic E-state index is 12.9. The zero-order valence-electron chi connectivity index (χ0n) is 10.9. The van der Waals surface area contributed by atoms with Gasteiger partial charge in [0, 0.05) is 19.1 Å². The topological polar surface area (TPSA) is 55.6 Å². The van der Waals surface area contributed by atoms with E-state index in [9.17, 15) is 9.18 Å². The van der Waals surface area contributed by atoms with Crippen LogP contribution in [0.25, 0.3) is 0 Å². The van der Waals surface area contributed by atoms with Crippen LogP contribution >= 0.6 is 24.0 Å². The second-order valence-corrected chi connectivity index (χ2v) is 4.89. The summed E-state index contributed by atoms with van der Waals surface area (Å²) < 4.78 is 18.2. The minimum Gasteiger partial charge on any atom is -0.482 e. The standard InChI is InChI=1S/C13H16ClFN2O2.ClH/c14-11-6-9(15)3-4-12(11)19-8-13(18)17-5-1-2-10(17)7-16;/h3-4,6,10H,1-2,5,7-8,16H2;1H. The number of hydrogen-bond acceptors (Lipinski definition) is 3. The Labute approximate surface area is 128 Å². The van der Waals surface area contributed by atoms with Crippen LogP contribution in [0.15, 0.2) is 18.2 Å². The van der Waals surface area contributed by atoms with Gasteiger partial charge >= 0.3 is 0 Å². The molecule has 0 spiro atoms. The van der Waals surface area contributed by atoms with Gasteiger partial charge in [0.05, 0.1) is 5.02 Å². The highest BCUT2D eigenvalue weighted by atomic mass is 35.5. The lowest BCUT2D eigenvalue weighted by Gasteiger charge is -2.23. The van der Waals surface area contributed by atoms with Crippen molar-refractivity contribution in [3.63, 3.8) is 0 Å². The van der Waals surface area contributed by atoms with Crippen molar-refractivity contribution >= 4 is 29.9 Å². The van der Waals surface area contributed by atoms with Crippen molar-refractivity contribution in [1.82, 2.24) is 4.90 Å². The van der Waals surface area contributed by atoms with Gasteiger partial charge < -0.3 is 15.4 Å². The predicted octanol–water partition coefficient (Wildman–Crippen LogP) is 2.23. The molecule has 0 aromatic heterocycles. The van der Waals surface area contributed by atoms with E-state index >= 15 is 0 Å².